The van der Waals surface area contributed by atoms with E-state index in [1.165, 1.54) is 18.3 Å². The molecule has 0 saturated carbocycles. The second-order valence-electron chi connectivity index (χ2n) is 3.76. The molecule has 0 bridgehead atoms. The van der Waals surface area contributed by atoms with Crippen molar-refractivity contribution in [2.75, 3.05) is 0 Å². The molecule has 0 aromatic carbocycles. The van der Waals surface area contributed by atoms with Crippen LogP contribution in [0.2, 0.25) is 0 Å². The first-order valence-corrected chi connectivity index (χ1v) is 6.17. The number of halogens is 4. The number of carboxylic acid groups (broad SMARTS) is 1. The van der Waals surface area contributed by atoms with Crippen LogP contribution in [0.15, 0.2) is 35.1 Å². The number of aromatic carboxylic acids is 1. The van der Waals surface area contributed by atoms with Crippen LogP contribution in [0.3, 0.4) is 0 Å². The van der Waals surface area contributed by atoms with Crippen LogP contribution < -0.4 is 4.74 Å². The summed E-state index contributed by atoms with van der Waals surface area (Å²) in [6, 6.07) is 3.33. The van der Waals surface area contributed by atoms with Gasteiger partial charge in [0, 0.05) is 16.9 Å². The van der Waals surface area contributed by atoms with Crippen LogP contribution in [0.5, 0.6) is 11.6 Å². The van der Waals surface area contributed by atoms with Crippen molar-refractivity contribution in [1.29, 1.82) is 0 Å². The molecular weight excluding hydrogens is 357 g/mol. The molecule has 9 heteroatoms. The van der Waals surface area contributed by atoms with E-state index in [2.05, 4.69) is 25.9 Å². The zero-order chi connectivity index (χ0) is 15.6. The van der Waals surface area contributed by atoms with Crippen molar-refractivity contribution in [3.05, 3.63) is 46.3 Å². The number of ether oxygens (including phenoxy) is 1. The Kier molecular flexibility index (Phi) is 4.12. The fourth-order valence-electron chi connectivity index (χ4n) is 1.45. The van der Waals surface area contributed by atoms with Crippen molar-refractivity contribution >= 4 is 21.9 Å². The van der Waals surface area contributed by atoms with Gasteiger partial charge in [0.2, 0.25) is 5.88 Å². The average molecular weight is 363 g/mol. The van der Waals surface area contributed by atoms with E-state index in [0.29, 0.717) is 0 Å². The lowest BCUT2D eigenvalue weighted by Crippen LogP contribution is -2.10. The number of pyridine rings is 2. The molecule has 0 atom stereocenters. The number of hydrogen-bond acceptors (Lipinski definition) is 4. The first-order chi connectivity index (χ1) is 9.79. The number of hydrogen-bond donors (Lipinski definition) is 1. The number of rotatable bonds is 3. The molecule has 0 radical (unpaired) electrons. The maximum atomic E-state index is 12.9. The van der Waals surface area contributed by atoms with E-state index in [9.17, 15) is 18.0 Å². The Hall–Kier alpha value is -2.16. The maximum absolute atomic E-state index is 12.9. The summed E-state index contributed by atoms with van der Waals surface area (Å²) in [5.74, 6) is -2.50. The normalized spacial score (nSPS) is 11.2. The molecule has 2 rings (SSSR count). The Morgan fingerprint density at radius 3 is 2.67 bits per heavy atom. The molecule has 0 aliphatic carbocycles. The van der Waals surface area contributed by atoms with E-state index < -0.39 is 29.3 Å². The second-order valence-corrected chi connectivity index (χ2v) is 4.68. The van der Waals surface area contributed by atoms with Crippen molar-refractivity contribution in [1.82, 2.24) is 9.97 Å². The largest absolute Gasteiger partial charge is 0.476 e. The highest BCUT2D eigenvalue weighted by atomic mass is 79.9. The highest BCUT2D eigenvalue weighted by Gasteiger charge is 2.36. The first-order valence-electron chi connectivity index (χ1n) is 5.38. The lowest BCUT2D eigenvalue weighted by Gasteiger charge is -2.13. The van der Waals surface area contributed by atoms with Crippen molar-refractivity contribution in [3.63, 3.8) is 0 Å². The summed E-state index contributed by atoms with van der Waals surface area (Å²) < 4.78 is 43.9. The van der Waals surface area contributed by atoms with E-state index in [4.69, 9.17) is 9.84 Å². The van der Waals surface area contributed by atoms with Gasteiger partial charge in [-0.15, -0.1) is 0 Å². The third kappa shape index (κ3) is 3.48. The molecule has 0 aliphatic heterocycles. The zero-order valence-electron chi connectivity index (χ0n) is 10.1. The monoisotopic (exact) mass is 362 g/mol. The highest BCUT2D eigenvalue weighted by Crippen LogP contribution is 2.38. The summed E-state index contributed by atoms with van der Waals surface area (Å²) in [7, 11) is 0. The quantitative estimate of drug-likeness (QED) is 0.900. The molecule has 0 fully saturated rings. The van der Waals surface area contributed by atoms with Gasteiger partial charge in [-0.3, -0.25) is 0 Å². The van der Waals surface area contributed by atoms with E-state index >= 15 is 0 Å². The number of alkyl halides is 3. The number of carboxylic acids is 1. The second kappa shape index (κ2) is 5.68. The van der Waals surface area contributed by atoms with Crippen LogP contribution in [0.1, 0.15) is 16.1 Å². The van der Waals surface area contributed by atoms with Crippen LogP contribution in [0.25, 0.3) is 0 Å². The SMILES string of the molecule is O=C(O)c1ncccc1Oc1ncc(Br)cc1C(F)(F)F. The molecule has 0 saturated heterocycles. The number of carbonyl (C=O) groups is 1. The van der Waals surface area contributed by atoms with Gasteiger partial charge in [0.05, 0.1) is 0 Å². The molecule has 2 aromatic heterocycles. The van der Waals surface area contributed by atoms with Crippen LogP contribution in [-0.2, 0) is 6.18 Å². The van der Waals surface area contributed by atoms with Crippen molar-refractivity contribution < 1.29 is 27.8 Å². The lowest BCUT2D eigenvalue weighted by molar-refractivity contribution is -0.138. The zero-order valence-corrected chi connectivity index (χ0v) is 11.6. The Bertz CT molecular complexity index is 692. The van der Waals surface area contributed by atoms with Gasteiger partial charge in [0.25, 0.3) is 0 Å². The molecule has 0 spiro atoms. The van der Waals surface area contributed by atoms with Crippen LogP contribution in [-0.4, -0.2) is 21.0 Å². The highest BCUT2D eigenvalue weighted by molar-refractivity contribution is 9.10. The Morgan fingerprint density at radius 1 is 1.33 bits per heavy atom. The average Bonchev–Trinajstić information content (AvgIpc) is 2.40. The van der Waals surface area contributed by atoms with Gasteiger partial charge in [-0.1, -0.05) is 0 Å². The third-order valence-electron chi connectivity index (χ3n) is 2.30. The minimum absolute atomic E-state index is 0.117. The molecule has 21 heavy (non-hydrogen) atoms. The fraction of sp³-hybridized carbons (Fsp3) is 0.0833. The molecule has 2 aromatic rings. The van der Waals surface area contributed by atoms with Crippen molar-refractivity contribution in [2.24, 2.45) is 0 Å². The predicted octanol–water partition coefficient (Wildman–Crippen LogP) is 3.75. The van der Waals surface area contributed by atoms with E-state index in [0.717, 1.165) is 12.3 Å². The van der Waals surface area contributed by atoms with Crippen molar-refractivity contribution in [2.45, 2.75) is 6.18 Å². The minimum Gasteiger partial charge on any atom is -0.476 e. The fourth-order valence-corrected chi connectivity index (χ4v) is 1.78. The summed E-state index contributed by atoms with van der Waals surface area (Å²) in [6.07, 6.45) is -2.39. The Labute approximate surface area is 124 Å². The van der Waals surface area contributed by atoms with Gasteiger partial charge >= 0.3 is 12.1 Å². The Balaban J connectivity index is 2.48. The topological polar surface area (TPSA) is 72.3 Å². The summed E-state index contributed by atoms with van der Waals surface area (Å²) in [5.41, 5.74) is -1.63. The first kappa shape index (κ1) is 15.2. The summed E-state index contributed by atoms with van der Waals surface area (Å²) >= 11 is 2.89. The van der Waals surface area contributed by atoms with E-state index in [1.807, 2.05) is 0 Å². The van der Waals surface area contributed by atoms with Crippen LogP contribution >= 0.6 is 15.9 Å². The number of aromatic nitrogens is 2. The minimum atomic E-state index is -4.70. The summed E-state index contributed by atoms with van der Waals surface area (Å²) in [4.78, 5) is 18.0. The molecule has 0 amide bonds. The Morgan fingerprint density at radius 2 is 2.05 bits per heavy atom. The standard InChI is InChI=1S/C12H6BrF3N2O3/c13-6-4-7(12(14,15)16)10(18-5-6)21-8-2-1-3-17-9(8)11(19)20/h1-5H,(H,19,20). The van der Waals surface area contributed by atoms with Gasteiger partial charge in [-0.25, -0.2) is 14.8 Å². The van der Waals surface area contributed by atoms with E-state index in [-0.39, 0.29) is 10.2 Å². The van der Waals surface area contributed by atoms with Gasteiger partial charge in [-0.05, 0) is 34.1 Å². The molecule has 0 aliphatic rings. The number of nitrogens with zero attached hydrogens (tertiary/aromatic N) is 2. The van der Waals surface area contributed by atoms with Gasteiger partial charge in [-0.2, -0.15) is 13.2 Å². The molecule has 110 valence electrons. The summed E-state index contributed by atoms with van der Waals surface area (Å²) in [5, 5.41) is 8.92. The van der Waals surface area contributed by atoms with Crippen LogP contribution in [0.4, 0.5) is 13.2 Å². The maximum Gasteiger partial charge on any atom is 0.421 e. The van der Waals surface area contributed by atoms with Crippen molar-refractivity contribution in [3.8, 4) is 11.6 Å². The van der Waals surface area contributed by atoms with E-state index in [1.54, 1.807) is 0 Å². The molecular formula is C12H6BrF3N2O3. The molecule has 1 N–H and O–H groups in total. The van der Waals surface area contributed by atoms with Crippen LogP contribution in [0, 0.1) is 0 Å². The van der Waals surface area contributed by atoms with Gasteiger partial charge in [0.1, 0.15) is 5.56 Å². The van der Waals surface area contributed by atoms with Gasteiger partial charge in [0.15, 0.2) is 11.4 Å². The molecule has 0 unspecified atom stereocenters. The molecule has 5 nitrogen and oxygen atoms in total. The summed E-state index contributed by atoms with van der Waals surface area (Å²) in [6.45, 7) is 0. The van der Waals surface area contributed by atoms with Gasteiger partial charge < -0.3 is 9.84 Å². The lowest BCUT2D eigenvalue weighted by atomic mass is 10.2. The predicted molar refractivity (Wildman–Crippen MR) is 68.2 cm³/mol. The third-order valence-corrected chi connectivity index (χ3v) is 2.74. The molecule has 2 heterocycles. The smallest absolute Gasteiger partial charge is 0.421 e.